The van der Waals surface area contributed by atoms with Crippen LogP contribution in [0.4, 0.5) is 4.39 Å². The van der Waals surface area contributed by atoms with Gasteiger partial charge in [0.15, 0.2) is 0 Å². The van der Waals surface area contributed by atoms with E-state index >= 15 is 0 Å². The summed E-state index contributed by atoms with van der Waals surface area (Å²) in [4.78, 5) is 14.6. The molecule has 5 nitrogen and oxygen atoms in total. The van der Waals surface area contributed by atoms with Crippen molar-refractivity contribution < 1.29 is 19.0 Å². The average Bonchev–Trinajstić information content (AvgIpc) is 2.81. The molecule has 1 saturated heterocycles. The number of aliphatic hydroxyl groups excluding tert-OH is 1. The van der Waals surface area contributed by atoms with Crippen LogP contribution in [0.1, 0.15) is 50.9 Å². The quantitative estimate of drug-likeness (QED) is 0.516. The maximum absolute atomic E-state index is 13.8. The number of hydrogen-bond donors (Lipinski definition) is 2. The molecule has 6 heteroatoms. The molecule has 0 saturated carbocycles. The molecule has 0 radical (unpaired) electrons. The first-order chi connectivity index (χ1) is 16.1. The van der Waals surface area contributed by atoms with Gasteiger partial charge in [0.05, 0.1) is 19.3 Å². The molecule has 0 bridgehead atoms. The minimum absolute atomic E-state index is 0.0768. The van der Waals surface area contributed by atoms with Crippen LogP contribution in [0, 0.1) is 11.8 Å². The van der Waals surface area contributed by atoms with Crippen molar-refractivity contribution in [1.29, 1.82) is 0 Å². The lowest BCUT2D eigenvalue weighted by Gasteiger charge is -2.34. The predicted octanol–water partition coefficient (Wildman–Crippen LogP) is 4.94. The lowest BCUT2D eigenvalue weighted by Crippen LogP contribution is -2.41. The predicted molar refractivity (Wildman–Crippen MR) is 135 cm³/mol. The van der Waals surface area contributed by atoms with Gasteiger partial charge in [0.2, 0.25) is 0 Å². The van der Waals surface area contributed by atoms with Crippen LogP contribution in [0.15, 0.2) is 48.5 Å². The number of alkyl halides is 1. The summed E-state index contributed by atoms with van der Waals surface area (Å²) in [5.74, 6) is 1.33. The summed E-state index contributed by atoms with van der Waals surface area (Å²) in [7, 11) is 0. The number of likely N-dealkylation sites (tertiary alicyclic amines) is 1. The number of rotatable bonds is 10. The van der Waals surface area contributed by atoms with Gasteiger partial charge in [0, 0.05) is 12.1 Å². The zero-order valence-corrected chi connectivity index (χ0v) is 20.9. The maximum atomic E-state index is 13.8. The zero-order valence-electron chi connectivity index (χ0n) is 20.9. The second-order valence-corrected chi connectivity index (χ2v) is 10.4. The highest BCUT2D eigenvalue weighted by Crippen LogP contribution is 2.25. The number of piperidine rings is 1. The largest absolute Gasteiger partial charge is 0.493 e. The molecule has 1 fully saturated rings. The van der Waals surface area contributed by atoms with Crippen molar-refractivity contribution in [2.24, 2.45) is 11.8 Å². The molecule has 2 N–H and O–H groups in total. The number of amides is 1. The Morgan fingerprint density at radius 2 is 1.65 bits per heavy atom. The second kappa shape index (κ2) is 11.8. The van der Waals surface area contributed by atoms with Crippen molar-refractivity contribution in [3.05, 3.63) is 54.1 Å². The molecule has 2 aromatic carbocycles. The van der Waals surface area contributed by atoms with Crippen molar-refractivity contribution >= 4 is 5.91 Å². The Hall–Kier alpha value is -2.44. The Balaban J connectivity index is 1.48. The van der Waals surface area contributed by atoms with Gasteiger partial charge in [0.25, 0.3) is 5.91 Å². The number of benzene rings is 2. The first-order valence-corrected chi connectivity index (χ1v) is 12.3. The number of nitrogens with zero attached hydrogens (tertiary/aromatic N) is 1. The van der Waals surface area contributed by atoms with E-state index in [2.05, 4.69) is 10.2 Å². The van der Waals surface area contributed by atoms with Gasteiger partial charge in [-0.05, 0) is 87.0 Å². The molecule has 1 atom stereocenters. The van der Waals surface area contributed by atoms with Gasteiger partial charge in [-0.25, -0.2) is 4.39 Å². The molecule has 186 valence electrons. The Bertz CT molecular complexity index is 899. The van der Waals surface area contributed by atoms with Gasteiger partial charge in [-0.2, -0.15) is 0 Å². The van der Waals surface area contributed by atoms with Crippen LogP contribution >= 0.6 is 0 Å². The fourth-order valence-corrected chi connectivity index (χ4v) is 4.29. The summed E-state index contributed by atoms with van der Waals surface area (Å²) in [5.41, 5.74) is 1.50. The zero-order chi connectivity index (χ0) is 24.7. The van der Waals surface area contributed by atoms with Crippen LogP contribution in [-0.2, 0) is 0 Å². The topological polar surface area (TPSA) is 61.8 Å². The van der Waals surface area contributed by atoms with E-state index in [0.717, 1.165) is 42.8 Å². The molecule has 1 heterocycles. The summed E-state index contributed by atoms with van der Waals surface area (Å²) in [5, 5.41) is 12.3. The Morgan fingerprint density at radius 3 is 2.15 bits per heavy atom. The van der Waals surface area contributed by atoms with E-state index in [1.165, 1.54) is 0 Å². The number of halogens is 1. The van der Waals surface area contributed by atoms with Gasteiger partial charge in [0.1, 0.15) is 11.4 Å². The van der Waals surface area contributed by atoms with Crippen molar-refractivity contribution in [2.75, 3.05) is 32.8 Å². The van der Waals surface area contributed by atoms with Crippen molar-refractivity contribution in [2.45, 2.75) is 52.2 Å². The third kappa shape index (κ3) is 7.81. The van der Waals surface area contributed by atoms with Crippen molar-refractivity contribution in [3.8, 4) is 16.9 Å². The van der Waals surface area contributed by atoms with Crippen LogP contribution in [-0.4, -0.2) is 60.5 Å². The van der Waals surface area contributed by atoms with Crippen LogP contribution in [0.3, 0.4) is 0 Å². The van der Waals surface area contributed by atoms with E-state index in [-0.39, 0.29) is 24.5 Å². The highest BCUT2D eigenvalue weighted by atomic mass is 19.1. The maximum Gasteiger partial charge on any atom is 0.251 e. The van der Waals surface area contributed by atoms with E-state index in [9.17, 15) is 14.3 Å². The van der Waals surface area contributed by atoms with Gasteiger partial charge < -0.3 is 20.1 Å². The van der Waals surface area contributed by atoms with E-state index in [1.54, 1.807) is 26.0 Å². The SMILES string of the molecule is CC(C)C(CO)NC(=O)c1ccc(-c2ccc(OCC3CCN(CC(C)(C)F)CC3)cc2)cc1. The molecule has 1 aliphatic heterocycles. The Morgan fingerprint density at radius 1 is 1.09 bits per heavy atom. The minimum Gasteiger partial charge on any atom is -0.493 e. The van der Waals surface area contributed by atoms with Gasteiger partial charge >= 0.3 is 0 Å². The Labute approximate surface area is 203 Å². The van der Waals surface area contributed by atoms with E-state index < -0.39 is 5.67 Å². The molecular weight excluding hydrogens is 431 g/mol. The smallest absolute Gasteiger partial charge is 0.251 e. The molecule has 0 aromatic heterocycles. The number of carbonyl (C=O) groups excluding carboxylic acids is 1. The monoisotopic (exact) mass is 470 g/mol. The molecule has 1 amide bonds. The van der Waals surface area contributed by atoms with E-state index in [1.807, 2.05) is 50.2 Å². The lowest BCUT2D eigenvalue weighted by molar-refractivity contribution is 0.0836. The normalized spacial score (nSPS) is 16.4. The third-order valence-corrected chi connectivity index (χ3v) is 6.45. The number of nitrogens with one attached hydrogen (secondary N) is 1. The molecule has 1 unspecified atom stereocenters. The van der Waals surface area contributed by atoms with Gasteiger partial charge in [-0.3, -0.25) is 4.79 Å². The van der Waals surface area contributed by atoms with Crippen molar-refractivity contribution in [3.63, 3.8) is 0 Å². The number of carbonyl (C=O) groups is 1. The van der Waals surface area contributed by atoms with Gasteiger partial charge in [-0.1, -0.05) is 38.1 Å². The molecule has 2 aromatic rings. The van der Waals surface area contributed by atoms with E-state index in [4.69, 9.17) is 4.74 Å². The first-order valence-electron chi connectivity index (χ1n) is 12.3. The number of aliphatic hydroxyl groups is 1. The number of hydrogen-bond acceptors (Lipinski definition) is 4. The minimum atomic E-state index is -1.14. The molecule has 0 spiro atoms. The highest BCUT2D eigenvalue weighted by molar-refractivity contribution is 5.94. The van der Waals surface area contributed by atoms with Gasteiger partial charge in [-0.15, -0.1) is 0 Å². The van der Waals surface area contributed by atoms with Crippen LogP contribution in [0.25, 0.3) is 11.1 Å². The van der Waals surface area contributed by atoms with Crippen LogP contribution < -0.4 is 10.1 Å². The molecule has 3 rings (SSSR count). The summed E-state index contributed by atoms with van der Waals surface area (Å²) in [6, 6.07) is 15.2. The summed E-state index contributed by atoms with van der Waals surface area (Å²) < 4.78 is 19.9. The molecule has 0 aliphatic carbocycles. The summed E-state index contributed by atoms with van der Waals surface area (Å²) >= 11 is 0. The molecule has 34 heavy (non-hydrogen) atoms. The van der Waals surface area contributed by atoms with Crippen molar-refractivity contribution in [1.82, 2.24) is 10.2 Å². The Kier molecular flexibility index (Phi) is 9.09. The fraction of sp³-hybridized carbons (Fsp3) is 0.536. The molecular formula is C28H39FN2O3. The highest BCUT2D eigenvalue weighted by Gasteiger charge is 2.25. The molecule has 1 aliphatic rings. The third-order valence-electron chi connectivity index (χ3n) is 6.45. The average molecular weight is 471 g/mol. The van der Waals surface area contributed by atoms with Crippen LogP contribution in [0.5, 0.6) is 5.75 Å². The standard InChI is InChI=1S/C28H39FN2O3/c1-20(2)26(17-32)30-27(33)24-7-5-22(6-8-24)23-9-11-25(12-10-23)34-18-21-13-15-31(16-14-21)19-28(3,4)29/h5-12,20-21,26,32H,13-19H2,1-4H3,(H,30,33). The van der Waals surface area contributed by atoms with Crippen LogP contribution in [0.2, 0.25) is 0 Å². The first kappa shape index (κ1) is 26.2. The fourth-order valence-electron chi connectivity index (χ4n) is 4.29. The summed E-state index contributed by atoms with van der Waals surface area (Å²) in [6.07, 6.45) is 2.06. The summed E-state index contributed by atoms with van der Waals surface area (Å²) in [6.45, 7) is 10.2. The lowest BCUT2D eigenvalue weighted by atomic mass is 9.97. The van der Waals surface area contributed by atoms with E-state index in [0.29, 0.717) is 24.6 Å². The number of ether oxygens (including phenoxy) is 1. The second-order valence-electron chi connectivity index (χ2n) is 10.4.